The maximum atomic E-state index is 12.8. The molecule has 0 aliphatic carbocycles. The second kappa shape index (κ2) is 36.9. The van der Waals surface area contributed by atoms with Crippen LogP contribution in [0.15, 0.2) is 12.2 Å². The van der Waals surface area contributed by atoms with E-state index in [4.69, 9.17) is 9.05 Å². The molecule has 0 saturated heterocycles. The van der Waals surface area contributed by atoms with Gasteiger partial charge in [0, 0.05) is 6.42 Å². The van der Waals surface area contributed by atoms with E-state index in [1.165, 1.54) is 154 Å². The van der Waals surface area contributed by atoms with E-state index in [1.807, 2.05) is 27.2 Å². The molecule has 0 fully saturated rings. The van der Waals surface area contributed by atoms with Gasteiger partial charge in [-0.05, 0) is 19.3 Å². The predicted molar refractivity (Wildman–Crippen MR) is 224 cm³/mol. The number of rotatable bonds is 41. The maximum absolute atomic E-state index is 12.8. The third-order valence-electron chi connectivity index (χ3n) is 10.2. The highest BCUT2D eigenvalue weighted by Gasteiger charge is 2.23. The molecule has 0 saturated carbocycles. The summed E-state index contributed by atoms with van der Waals surface area (Å²) in [5.74, 6) is -0.195. The van der Waals surface area contributed by atoms with Gasteiger partial charge < -0.3 is 28.8 Å². The van der Waals surface area contributed by atoms with Crippen molar-refractivity contribution in [2.45, 2.75) is 225 Å². The summed E-state index contributed by atoms with van der Waals surface area (Å²) in [6.45, 7) is 4.66. The number of carbonyl (C=O) groups is 1. The zero-order valence-corrected chi connectivity index (χ0v) is 36.6. The standard InChI is InChI=1S/C44H89N2O6P/c1-6-8-10-12-14-16-18-20-22-23-24-25-27-29-31-33-35-37-43(47)42(41-52-53(49,50)51-40-39-46(3,4)5)45-44(48)38-36-34-32-30-28-26-21-19-17-15-13-11-9-7-2/h35,37,42-43,47H,6-34,36,38-41H2,1-5H3,(H-,45,48,49,50)/b37-35+/t42-,43+/m0/s1. The number of aliphatic hydroxyl groups excluding tert-OH is 1. The second-order valence-electron chi connectivity index (χ2n) is 16.8. The minimum absolute atomic E-state index is 0.00212. The average molecular weight is 773 g/mol. The molecule has 0 aromatic rings. The van der Waals surface area contributed by atoms with Crippen molar-refractivity contribution >= 4 is 13.7 Å². The van der Waals surface area contributed by atoms with E-state index in [-0.39, 0.29) is 19.1 Å². The minimum Gasteiger partial charge on any atom is -0.756 e. The number of likely N-dealkylation sites (N-methyl/N-ethyl adjacent to an activating group) is 1. The normalized spacial score (nSPS) is 14.5. The van der Waals surface area contributed by atoms with Gasteiger partial charge in [-0.2, -0.15) is 0 Å². The number of amides is 1. The van der Waals surface area contributed by atoms with Crippen molar-refractivity contribution in [1.82, 2.24) is 5.32 Å². The zero-order chi connectivity index (χ0) is 39.3. The van der Waals surface area contributed by atoms with E-state index in [2.05, 4.69) is 19.2 Å². The van der Waals surface area contributed by atoms with Crippen LogP contribution in [0.2, 0.25) is 0 Å². The number of unbranched alkanes of at least 4 members (excludes halogenated alkanes) is 28. The van der Waals surface area contributed by atoms with Gasteiger partial charge in [0.1, 0.15) is 13.2 Å². The number of quaternary nitrogens is 1. The van der Waals surface area contributed by atoms with Crippen molar-refractivity contribution in [1.29, 1.82) is 0 Å². The van der Waals surface area contributed by atoms with E-state index in [0.717, 1.165) is 38.5 Å². The smallest absolute Gasteiger partial charge is 0.268 e. The molecule has 53 heavy (non-hydrogen) atoms. The lowest BCUT2D eigenvalue weighted by Gasteiger charge is -2.29. The van der Waals surface area contributed by atoms with Crippen molar-refractivity contribution in [3.05, 3.63) is 12.2 Å². The molecule has 0 aliphatic rings. The van der Waals surface area contributed by atoms with E-state index in [1.54, 1.807) is 6.08 Å². The number of phosphoric ester groups is 1. The Morgan fingerprint density at radius 1 is 0.642 bits per heavy atom. The molecular weight excluding hydrogens is 683 g/mol. The second-order valence-corrected chi connectivity index (χ2v) is 18.2. The molecule has 0 aromatic carbocycles. The molecular formula is C44H89N2O6P. The molecule has 0 aromatic heterocycles. The van der Waals surface area contributed by atoms with E-state index in [0.29, 0.717) is 17.4 Å². The van der Waals surface area contributed by atoms with Gasteiger partial charge in [-0.15, -0.1) is 0 Å². The molecule has 0 aliphatic heterocycles. The molecule has 316 valence electrons. The van der Waals surface area contributed by atoms with Gasteiger partial charge in [0.15, 0.2) is 0 Å². The summed E-state index contributed by atoms with van der Waals surface area (Å²) >= 11 is 0. The molecule has 0 heterocycles. The van der Waals surface area contributed by atoms with Crippen LogP contribution < -0.4 is 10.2 Å². The first-order valence-corrected chi connectivity index (χ1v) is 24.0. The Morgan fingerprint density at radius 2 is 1.02 bits per heavy atom. The fraction of sp³-hybridized carbons (Fsp3) is 0.932. The maximum Gasteiger partial charge on any atom is 0.268 e. The third-order valence-corrected chi connectivity index (χ3v) is 11.2. The molecule has 0 rings (SSSR count). The van der Waals surface area contributed by atoms with E-state index >= 15 is 0 Å². The highest BCUT2D eigenvalue weighted by Crippen LogP contribution is 2.38. The summed E-state index contributed by atoms with van der Waals surface area (Å²) in [7, 11) is 1.27. The van der Waals surface area contributed by atoms with Gasteiger partial charge in [0.25, 0.3) is 7.82 Å². The summed E-state index contributed by atoms with van der Waals surface area (Å²) < 4.78 is 23.2. The first-order valence-electron chi connectivity index (χ1n) is 22.6. The average Bonchev–Trinajstić information content (AvgIpc) is 3.10. The first-order chi connectivity index (χ1) is 25.5. The Labute approximate surface area is 329 Å². The van der Waals surface area contributed by atoms with Crippen LogP contribution >= 0.6 is 7.82 Å². The quantitative estimate of drug-likeness (QED) is 0.0277. The molecule has 3 atom stereocenters. The van der Waals surface area contributed by atoms with Crippen LogP contribution in [0.5, 0.6) is 0 Å². The predicted octanol–water partition coefficient (Wildman–Crippen LogP) is 11.7. The van der Waals surface area contributed by atoms with Crippen LogP contribution in [0, 0.1) is 0 Å². The van der Waals surface area contributed by atoms with Crippen LogP contribution in [-0.4, -0.2) is 68.5 Å². The molecule has 2 N–H and O–H groups in total. The number of aliphatic hydroxyl groups is 1. The fourth-order valence-corrected chi connectivity index (χ4v) is 7.35. The van der Waals surface area contributed by atoms with Crippen LogP contribution in [0.1, 0.15) is 213 Å². The summed E-state index contributed by atoms with van der Waals surface area (Å²) in [5, 5.41) is 13.8. The lowest BCUT2D eigenvalue weighted by Crippen LogP contribution is -2.45. The SMILES string of the molecule is CCCCCCCCCCCCCCCCC/C=C/[C@@H](O)[C@H](COP(=O)([O-])OCC[N+](C)(C)C)NC(=O)CCCCCCCCCCCCCCCC. The van der Waals surface area contributed by atoms with Crippen LogP contribution in [0.3, 0.4) is 0 Å². The Kier molecular flexibility index (Phi) is 36.3. The first kappa shape index (κ1) is 52.2. The van der Waals surface area contributed by atoms with Gasteiger partial charge in [0.05, 0.1) is 39.9 Å². The van der Waals surface area contributed by atoms with E-state index in [9.17, 15) is 19.4 Å². The molecule has 8 nitrogen and oxygen atoms in total. The Balaban J connectivity index is 4.40. The lowest BCUT2D eigenvalue weighted by atomic mass is 10.0. The van der Waals surface area contributed by atoms with Crippen LogP contribution in [0.25, 0.3) is 0 Å². The highest BCUT2D eigenvalue weighted by atomic mass is 31.2. The van der Waals surface area contributed by atoms with Crippen LogP contribution in [0.4, 0.5) is 0 Å². The van der Waals surface area contributed by atoms with Crippen molar-refractivity contribution in [2.75, 3.05) is 40.9 Å². The summed E-state index contributed by atoms with van der Waals surface area (Å²) in [6.07, 6.45) is 41.0. The monoisotopic (exact) mass is 773 g/mol. The molecule has 0 radical (unpaired) electrons. The number of phosphoric acid groups is 1. The van der Waals surface area contributed by atoms with Gasteiger partial charge in [-0.25, -0.2) is 0 Å². The number of nitrogens with one attached hydrogen (secondary N) is 1. The van der Waals surface area contributed by atoms with Crippen molar-refractivity contribution in [3.8, 4) is 0 Å². The molecule has 0 spiro atoms. The number of hydrogen-bond acceptors (Lipinski definition) is 6. The number of carbonyl (C=O) groups excluding carboxylic acids is 1. The van der Waals surface area contributed by atoms with Crippen molar-refractivity contribution in [2.24, 2.45) is 0 Å². The Morgan fingerprint density at radius 3 is 1.42 bits per heavy atom. The topological polar surface area (TPSA) is 108 Å². The van der Waals surface area contributed by atoms with E-state index < -0.39 is 20.0 Å². The van der Waals surface area contributed by atoms with Crippen molar-refractivity contribution in [3.63, 3.8) is 0 Å². The number of nitrogens with zero attached hydrogens (tertiary/aromatic N) is 1. The van der Waals surface area contributed by atoms with Gasteiger partial charge in [-0.1, -0.05) is 199 Å². The summed E-state index contributed by atoms with van der Waals surface area (Å²) in [4.78, 5) is 25.3. The third kappa shape index (κ3) is 39.3. The number of hydrogen-bond donors (Lipinski definition) is 2. The van der Waals surface area contributed by atoms with Crippen molar-refractivity contribution < 1.29 is 32.9 Å². The minimum atomic E-state index is -4.58. The largest absolute Gasteiger partial charge is 0.756 e. The Hall–Kier alpha value is -0.760. The zero-order valence-electron chi connectivity index (χ0n) is 35.7. The van der Waals surface area contributed by atoms with Gasteiger partial charge in [-0.3, -0.25) is 9.36 Å². The molecule has 9 heteroatoms. The summed E-state index contributed by atoms with van der Waals surface area (Å²) in [6, 6.07) is -0.879. The van der Waals surface area contributed by atoms with Crippen LogP contribution in [-0.2, 0) is 18.4 Å². The van der Waals surface area contributed by atoms with Gasteiger partial charge in [0.2, 0.25) is 5.91 Å². The lowest BCUT2D eigenvalue weighted by molar-refractivity contribution is -0.870. The van der Waals surface area contributed by atoms with Gasteiger partial charge >= 0.3 is 0 Å². The highest BCUT2D eigenvalue weighted by molar-refractivity contribution is 7.45. The molecule has 0 bridgehead atoms. The summed E-state index contributed by atoms with van der Waals surface area (Å²) in [5.41, 5.74) is 0. The molecule has 1 unspecified atom stereocenters. The molecule has 1 amide bonds. The number of allylic oxidation sites excluding steroid dienone is 1. The fourth-order valence-electron chi connectivity index (χ4n) is 6.62. The Bertz CT molecular complexity index is 880.